The van der Waals surface area contributed by atoms with Gasteiger partial charge in [-0.2, -0.15) is 0 Å². The number of hydrogen-bond acceptors (Lipinski definition) is 5. The van der Waals surface area contributed by atoms with Crippen molar-refractivity contribution in [3.8, 4) is 23.8 Å². The van der Waals surface area contributed by atoms with Crippen molar-refractivity contribution in [3.63, 3.8) is 0 Å². The minimum absolute atomic E-state index is 0.123. The average Bonchev–Trinajstić information content (AvgIpc) is 3.52. The number of carbonyl (C=O) groups is 1. The van der Waals surface area contributed by atoms with Crippen LogP contribution in [0.3, 0.4) is 0 Å². The summed E-state index contributed by atoms with van der Waals surface area (Å²) < 4.78 is 6.46. The zero-order valence-electron chi connectivity index (χ0n) is 18.0. The number of phenols is 1. The van der Waals surface area contributed by atoms with Crippen molar-refractivity contribution in [2.75, 3.05) is 19.6 Å². The fraction of sp³-hybridized carbons (Fsp3) is 0.577. The third kappa shape index (κ3) is 1.99. The van der Waals surface area contributed by atoms with Gasteiger partial charge in [-0.25, -0.2) is 0 Å². The lowest BCUT2D eigenvalue weighted by Gasteiger charge is -2.70. The Morgan fingerprint density at radius 3 is 2.97 bits per heavy atom. The number of hydrogen-bond donors (Lipinski definition) is 3. The van der Waals surface area contributed by atoms with E-state index in [4.69, 9.17) is 11.2 Å². The number of fused-ring (bicyclic) bond motifs is 1. The largest absolute Gasteiger partial charge is 0.504 e. The van der Waals surface area contributed by atoms with E-state index in [1.807, 2.05) is 12.1 Å². The smallest absolute Gasteiger partial charge is 0.227 e. The second kappa shape index (κ2) is 5.89. The quantitative estimate of drug-likeness (QED) is 0.496. The van der Waals surface area contributed by atoms with Crippen molar-refractivity contribution < 1.29 is 19.7 Å². The van der Waals surface area contributed by atoms with E-state index in [2.05, 4.69) is 22.2 Å². The molecule has 2 spiro atoms. The van der Waals surface area contributed by atoms with Crippen LogP contribution in [0.1, 0.15) is 36.8 Å². The van der Waals surface area contributed by atoms with Crippen molar-refractivity contribution in [1.82, 2.24) is 10.2 Å². The average molecular weight is 433 g/mol. The summed E-state index contributed by atoms with van der Waals surface area (Å²) in [5.41, 5.74) is 0.110. The molecule has 32 heavy (non-hydrogen) atoms. The summed E-state index contributed by atoms with van der Waals surface area (Å²) in [7, 11) is 0. The van der Waals surface area contributed by atoms with Gasteiger partial charge in [0.1, 0.15) is 11.7 Å². The van der Waals surface area contributed by atoms with Crippen molar-refractivity contribution in [2.45, 2.75) is 55.3 Å². The second-order valence-electron chi connectivity index (χ2n) is 10.8. The third-order valence-corrected chi connectivity index (χ3v) is 9.46. The van der Waals surface area contributed by atoms with E-state index in [0.29, 0.717) is 12.2 Å². The molecular formula is C26H28N2O4. The van der Waals surface area contributed by atoms with Crippen LogP contribution in [0.2, 0.25) is 0 Å². The molecule has 4 bridgehead atoms. The molecule has 1 aromatic rings. The molecule has 1 amide bonds. The van der Waals surface area contributed by atoms with E-state index in [0.717, 1.165) is 37.4 Å². The highest BCUT2D eigenvalue weighted by Gasteiger charge is 2.79. The molecule has 1 aromatic carbocycles. The summed E-state index contributed by atoms with van der Waals surface area (Å²) in [4.78, 5) is 15.9. The fourth-order valence-electron chi connectivity index (χ4n) is 8.04. The number of aliphatic hydroxyl groups is 1. The number of amides is 1. The molecule has 2 heterocycles. The Morgan fingerprint density at radius 2 is 2.19 bits per heavy atom. The van der Waals surface area contributed by atoms with Gasteiger partial charge in [0, 0.05) is 23.6 Å². The number of phenolic OH excluding ortho intramolecular Hbond substituents is 1. The number of nitrogens with one attached hydrogen (secondary N) is 1. The Kier molecular flexibility index (Phi) is 3.50. The summed E-state index contributed by atoms with van der Waals surface area (Å²) in [6.07, 6.45) is 13.7. The number of carbonyl (C=O) groups excluding carboxylic acids is 1. The van der Waals surface area contributed by atoms with Gasteiger partial charge in [0.2, 0.25) is 5.91 Å². The van der Waals surface area contributed by atoms with Crippen LogP contribution < -0.4 is 10.1 Å². The van der Waals surface area contributed by atoms with Gasteiger partial charge in [0.25, 0.3) is 0 Å². The number of rotatable bonds is 4. The molecule has 6 heteroatoms. The minimum atomic E-state index is -1.44. The molecule has 7 aliphatic rings. The van der Waals surface area contributed by atoms with Gasteiger partial charge in [-0.1, -0.05) is 24.1 Å². The summed E-state index contributed by atoms with van der Waals surface area (Å²) in [6, 6.07) is 4.00. The summed E-state index contributed by atoms with van der Waals surface area (Å²) >= 11 is 0. The maximum atomic E-state index is 13.2. The van der Waals surface area contributed by atoms with E-state index in [9.17, 15) is 15.0 Å². The van der Waals surface area contributed by atoms with Gasteiger partial charge in [-0.05, 0) is 56.2 Å². The number of terminal acetylenes is 1. The van der Waals surface area contributed by atoms with Gasteiger partial charge in [-0.3, -0.25) is 9.69 Å². The molecule has 3 fully saturated rings. The summed E-state index contributed by atoms with van der Waals surface area (Å²) in [5, 5.41) is 25.5. The van der Waals surface area contributed by atoms with Crippen molar-refractivity contribution in [1.29, 1.82) is 0 Å². The van der Waals surface area contributed by atoms with Crippen LogP contribution in [0.5, 0.6) is 11.5 Å². The summed E-state index contributed by atoms with van der Waals surface area (Å²) in [6.45, 7) is 2.19. The van der Waals surface area contributed by atoms with Crippen LogP contribution in [-0.2, 0) is 16.6 Å². The van der Waals surface area contributed by atoms with E-state index in [1.165, 1.54) is 18.4 Å². The topological polar surface area (TPSA) is 82.0 Å². The number of benzene rings is 1. The highest BCUT2D eigenvalue weighted by atomic mass is 16.5. The predicted octanol–water partition coefficient (Wildman–Crippen LogP) is 1.49. The lowest BCUT2D eigenvalue weighted by Crippen LogP contribution is -2.80. The molecule has 6 nitrogen and oxygen atoms in total. The second-order valence-corrected chi connectivity index (χ2v) is 10.8. The van der Waals surface area contributed by atoms with Gasteiger partial charge in [0.15, 0.2) is 11.5 Å². The number of likely N-dealkylation sites (tertiary alicyclic amines) is 1. The molecule has 8 rings (SSSR count). The molecule has 2 aliphatic heterocycles. The fourth-order valence-corrected chi connectivity index (χ4v) is 8.04. The Labute approximate surface area is 187 Å². The first kappa shape index (κ1) is 19.0. The van der Waals surface area contributed by atoms with Gasteiger partial charge in [0.05, 0.1) is 17.9 Å². The normalized spacial score (nSPS) is 42.2. The predicted molar refractivity (Wildman–Crippen MR) is 117 cm³/mol. The van der Waals surface area contributed by atoms with E-state index in [-0.39, 0.29) is 29.7 Å². The SMILES string of the molecule is C#CCNC(=O)[C@H]1C[C@@]23C=CC1(O)[C@@H]1Oc4c(O)ccc5c4[C@@]12CCN(CC1CC1)[C@@H]3C5. The van der Waals surface area contributed by atoms with E-state index >= 15 is 0 Å². The summed E-state index contributed by atoms with van der Waals surface area (Å²) in [5.74, 6) is 3.02. The Hall–Kier alpha value is -2.49. The van der Waals surface area contributed by atoms with Gasteiger partial charge in [-0.15, -0.1) is 6.42 Å². The molecule has 6 atom stereocenters. The standard InChI is InChI=1S/C26H28N2O4/c1-2-10-27-22(30)17-13-24-7-8-26(17,31)23-25(24)9-11-28(14-15-3-4-15)19(24)12-16-5-6-18(29)21(32-23)20(16)25/h1,5-8,15,17,19,23,29,31H,3-4,9-14H2,(H,27,30)/t17-,19-,23-,24-,25+,26?/m1/s1. The van der Waals surface area contributed by atoms with Crippen molar-refractivity contribution >= 4 is 5.91 Å². The lowest BCUT2D eigenvalue weighted by molar-refractivity contribution is -0.206. The minimum Gasteiger partial charge on any atom is -0.504 e. The molecule has 0 aromatic heterocycles. The molecule has 1 unspecified atom stereocenters. The van der Waals surface area contributed by atoms with Crippen molar-refractivity contribution in [3.05, 3.63) is 35.4 Å². The van der Waals surface area contributed by atoms with Crippen LogP contribution in [0.4, 0.5) is 0 Å². The lowest BCUT2D eigenvalue weighted by atomic mass is 9.37. The van der Waals surface area contributed by atoms with E-state index < -0.39 is 23.0 Å². The van der Waals surface area contributed by atoms with E-state index in [1.54, 1.807) is 6.07 Å². The molecule has 0 radical (unpaired) electrons. The Balaban J connectivity index is 1.43. The Bertz CT molecular complexity index is 1120. The molecule has 2 saturated carbocycles. The van der Waals surface area contributed by atoms with Gasteiger partial charge < -0.3 is 20.3 Å². The van der Waals surface area contributed by atoms with Crippen molar-refractivity contribution in [2.24, 2.45) is 17.3 Å². The van der Waals surface area contributed by atoms with Gasteiger partial charge >= 0.3 is 0 Å². The molecule has 5 aliphatic carbocycles. The molecule has 3 N–H and O–H groups in total. The highest BCUT2D eigenvalue weighted by Crippen LogP contribution is 2.74. The highest BCUT2D eigenvalue weighted by molar-refractivity contribution is 5.83. The molecule has 1 saturated heterocycles. The third-order valence-electron chi connectivity index (χ3n) is 9.46. The maximum absolute atomic E-state index is 13.2. The first-order valence-corrected chi connectivity index (χ1v) is 11.8. The van der Waals surface area contributed by atoms with Crippen LogP contribution >= 0.6 is 0 Å². The monoisotopic (exact) mass is 432 g/mol. The van der Waals surface area contributed by atoms with Crippen LogP contribution in [0.25, 0.3) is 0 Å². The van der Waals surface area contributed by atoms with Crippen LogP contribution in [0, 0.1) is 29.6 Å². The maximum Gasteiger partial charge on any atom is 0.227 e. The number of nitrogens with zero attached hydrogens (tertiary/aromatic N) is 1. The molecule has 166 valence electrons. The van der Waals surface area contributed by atoms with Crippen LogP contribution in [0.15, 0.2) is 24.3 Å². The first-order valence-electron chi connectivity index (χ1n) is 11.8. The number of aromatic hydroxyl groups is 1. The number of ether oxygens (including phenoxy) is 1. The zero-order valence-corrected chi connectivity index (χ0v) is 18.0. The van der Waals surface area contributed by atoms with Crippen LogP contribution in [-0.4, -0.2) is 58.4 Å². The number of piperidine rings is 1. The zero-order chi connectivity index (χ0) is 21.9. The molecular weight excluding hydrogens is 404 g/mol. The Morgan fingerprint density at radius 1 is 1.34 bits per heavy atom. The first-order chi connectivity index (χ1) is 15.4.